The van der Waals surface area contributed by atoms with Gasteiger partial charge in [0.1, 0.15) is 10.0 Å². The molecule has 1 heterocycles. The van der Waals surface area contributed by atoms with Crippen LogP contribution in [0.15, 0.2) is 40.2 Å². The number of carbonyl (C=O) groups is 2. The average Bonchev–Trinajstić information content (AvgIpc) is 2.58. The fourth-order valence-corrected chi connectivity index (χ4v) is 3.27. The molecule has 1 aromatic carbocycles. The predicted molar refractivity (Wildman–Crippen MR) is 91.6 cm³/mol. The third-order valence-corrected chi connectivity index (χ3v) is 4.65. The minimum atomic E-state index is -4.43. The fourth-order valence-electron chi connectivity index (χ4n) is 1.94. The van der Waals surface area contributed by atoms with Crippen molar-refractivity contribution < 1.29 is 22.7 Å². The van der Waals surface area contributed by atoms with E-state index in [0.29, 0.717) is 0 Å². The third kappa shape index (κ3) is 4.18. The monoisotopic (exact) mass is 400 g/mol. The number of aryl methyl sites for hydroxylation is 1. The van der Waals surface area contributed by atoms with Gasteiger partial charge in [0.05, 0.1) is 12.7 Å². The van der Waals surface area contributed by atoms with Crippen molar-refractivity contribution in [2.24, 2.45) is 7.05 Å². The Kier molecular flexibility index (Phi) is 5.63. The Hall–Kier alpha value is -2.92. The molecule has 2 aromatic rings. The van der Waals surface area contributed by atoms with E-state index >= 15 is 0 Å². The first-order valence-electron chi connectivity index (χ1n) is 6.90. The number of esters is 1. The van der Waals surface area contributed by atoms with Crippen molar-refractivity contribution in [1.29, 1.82) is 0 Å². The largest absolute Gasteiger partial charge is 0.465 e. The molecule has 0 unspecified atom stereocenters. The van der Waals surface area contributed by atoms with Crippen molar-refractivity contribution in [3.63, 3.8) is 0 Å². The summed E-state index contributed by atoms with van der Waals surface area (Å²) in [5.41, 5.74) is -0.955. The number of urea groups is 1. The van der Waals surface area contributed by atoms with Crippen LogP contribution in [0, 0.1) is 0 Å². The quantitative estimate of drug-likeness (QED) is 0.722. The number of aromatic nitrogens is 2. The Morgan fingerprint density at radius 1 is 1.27 bits per heavy atom. The SMILES string of the molecule is COC(=O)c1ccccc1S(=O)(=O)NC(=O)Nc1nc(Cl)cn(C)c1=O. The van der Waals surface area contributed by atoms with Gasteiger partial charge in [0, 0.05) is 13.2 Å². The zero-order valence-electron chi connectivity index (χ0n) is 13.5. The maximum atomic E-state index is 12.4. The highest BCUT2D eigenvalue weighted by Crippen LogP contribution is 2.16. The lowest BCUT2D eigenvalue weighted by Gasteiger charge is -2.11. The lowest BCUT2D eigenvalue weighted by Crippen LogP contribution is -2.37. The first-order valence-corrected chi connectivity index (χ1v) is 8.76. The molecule has 2 amide bonds. The number of halogens is 1. The molecule has 0 saturated heterocycles. The zero-order valence-corrected chi connectivity index (χ0v) is 15.1. The summed E-state index contributed by atoms with van der Waals surface area (Å²) in [6.45, 7) is 0. The molecule has 138 valence electrons. The van der Waals surface area contributed by atoms with Crippen molar-refractivity contribution in [2.75, 3.05) is 12.4 Å². The Morgan fingerprint density at radius 2 is 1.92 bits per heavy atom. The van der Waals surface area contributed by atoms with Crippen molar-refractivity contribution in [2.45, 2.75) is 4.90 Å². The summed E-state index contributed by atoms with van der Waals surface area (Å²) in [7, 11) is -1.96. The van der Waals surface area contributed by atoms with E-state index in [1.807, 2.05) is 5.32 Å². The van der Waals surface area contributed by atoms with Crippen LogP contribution >= 0.6 is 11.6 Å². The Bertz CT molecular complexity index is 1030. The highest BCUT2D eigenvalue weighted by atomic mass is 35.5. The van der Waals surface area contributed by atoms with Crippen LogP contribution < -0.4 is 15.6 Å². The van der Waals surface area contributed by atoms with Gasteiger partial charge < -0.3 is 9.30 Å². The van der Waals surface area contributed by atoms with E-state index < -0.39 is 38.3 Å². The Morgan fingerprint density at radius 3 is 2.58 bits per heavy atom. The van der Waals surface area contributed by atoms with Crippen LogP contribution in [0.2, 0.25) is 5.15 Å². The molecule has 2 rings (SSSR count). The van der Waals surface area contributed by atoms with Gasteiger partial charge >= 0.3 is 12.0 Å². The molecule has 0 aliphatic rings. The molecular formula is C14H13ClN4O6S. The molecule has 0 bridgehead atoms. The van der Waals surface area contributed by atoms with E-state index in [1.54, 1.807) is 4.72 Å². The van der Waals surface area contributed by atoms with Gasteiger partial charge in [-0.3, -0.25) is 10.1 Å². The first kappa shape index (κ1) is 19.4. The normalized spacial score (nSPS) is 10.9. The van der Waals surface area contributed by atoms with Crippen LogP contribution in [0.5, 0.6) is 0 Å². The number of sulfonamides is 1. The number of benzene rings is 1. The second-order valence-corrected chi connectivity index (χ2v) is 6.91. The van der Waals surface area contributed by atoms with Gasteiger partial charge in [0.25, 0.3) is 15.6 Å². The molecule has 1 aromatic heterocycles. The van der Waals surface area contributed by atoms with Gasteiger partial charge in [-0.05, 0) is 12.1 Å². The summed E-state index contributed by atoms with van der Waals surface area (Å²) < 4.78 is 32.0. The molecule has 2 N–H and O–H groups in total. The van der Waals surface area contributed by atoms with Gasteiger partial charge in [0.2, 0.25) is 5.82 Å². The molecule has 0 aliphatic heterocycles. The number of hydrogen-bond acceptors (Lipinski definition) is 7. The lowest BCUT2D eigenvalue weighted by atomic mass is 10.2. The molecule has 0 atom stereocenters. The molecule has 0 fully saturated rings. The van der Waals surface area contributed by atoms with E-state index in [2.05, 4.69) is 9.72 Å². The standard InChI is InChI=1S/C14H13ClN4O6S/c1-19-7-10(15)16-11(12(19)20)17-14(22)18-26(23,24)9-6-4-3-5-8(9)13(21)25-2/h3-7H,1-2H3,(H2,16,17,18,22). The van der Waals surface area contributed by atoms with Crippen LogP contribution in [0.1, 0.15) is 10.4 Å². The number of ether oxygens (including phenoxy) is 1. The number of hydrogen-bond donors (Lipinski definition) is 2. The maximum absolute atomic E-state index is 12.4. The minimum Gasteiger partial charge on any atom is -0.465 e. The molecule has 0 saturated carbocycles. The van der Waals surface area contributed by atoms with Crippen LogP contribution in [0.4, 0.5) is 10.6 Å². The van der Waals surface area contributed by atoms with Gasteiger partial charge in [-0.25, -0.2) is 27.7 Å². The second-order valence-electron chi connectivity index (χ2n) is 4.88. The molecule has 0 aliphatic carbocycles. The van der Waals surface area contributed by atoms with Crippen LogP contribution in [-0.2, 0) is 21.8 Å². The highest BCUT2D eigenvalue weighted by molar-refractivity contribution is 7.90. The second kappa shape index (κ2) is 7.54. The average molecular weight is 401 g/mol. The summed E-state index contributed by atoms with van der Waals surface area (Å²) in [6.07, 6.45) is 1.22. The number of amides is 2. The van der Waals surface area contributed by atoms with E-state index in [1.165, 1.54) is 31.4 Å². The van der Waals surface area contributed by atoms with Crippen molar-refractivity contribution in [3.05, 3.63) is 51.5 Å². The van der Waals surface area contributed by atoms with E-state index in [0.717, 1.165) is 17.7 Å². The minimum absolute atomic E-state index is 0.0821. The number of nitrogens with one attached hydrogen (secondary N) is 2. The first-order chi connectivity index (χ1) is 12.2. The summed E-state index contributed by atoms with van der Waals surface area (Å²) >= 11 is 5.69. The van der Waals surface area contributed by atoms with Crippen LogP contribution in [-0.4, -0.2) is 37.1 Å². The molecule has 12 heteroatoms. The molecule has 10 nitrogen and oxygen atoms in total. The molecule has 0 spiro atoms. The van der Waals surface area contributed by atoms with Gasteiger partial charge in [-0.15, -0.1) is 0 Å². The highest BCUT2D eigenvalue weighted by Gasteiger charge is 2.25. The Labute approximate surface area is 152 Å². The fraction of sp³-hybridized carbons (Fsp3) is 0.143. The molecule has 26 heavy (non-hydrogen) atoms. The van der Waals surface area contributed by atoms with Crippen molar-refractivity contribution in [1.82, 2.24) is 14.3 Å². The summed E-state index contributed by atoms with van der Waals surface area (Å²) in [4.78, 5) is 38.7. The van der Waals surface area contributed by atoms with Gasteiger partial charge in [-0.2, -0.15) is 0 Å². The van der Waals surface area contributed by atoms with Crippen molar-refractivity contribution in [3.8, 4) is 0 Å². The number of carbonyl (C=O) groups excluding carboxylic acids is 2. The maximum Gasteiger partial charge on any atom is 0.339 e. The van der Waals surface area contributed by atoms with Crippen LogP contribution in [0.3, 0.4) is 0 Å². The number of methoxy groups -OCH3 is 1. The lowest BCUT2D eigenvalue weighted by molar-refractivity contribution is 0.0596. The smallest absolute Gasteiger partial charge is 0.339 e. The zero-order chi connectivity index (χ0) is 19.5. The van der Waals surface area contributed by atoms with Crippen molar-refractivity contribution >= 4 is 39.4 Å². The van der Waals surface area contributed by atoms with Crippen LogP contribution in [0.25, 0.3) is 0 Å². The number of nitrogens with zero attached hydrogens (tertiary/aromatic N) is 2. The van der Waals surface area contributed by atoms with Gasteiger partial charge in [0.15, 0.2) is 0 Å². The van der Waals surface area contributed by atoms with E-state index in [-0.39, 0.29) is 10.7 Å². The predicted octanol–water partition coefficient (Wildman–Crippen LogP) is 0.731. The summed E-state index contributed by atoms with van der Waals surface area (Å²) in [6, 6.07) is 3.90. The topological polar surface area (TPSA) is 136 Å². The van der Waals surface area contributed by atoms with E-state index in [9.17, 15) is 22.8 Å². The molecule has 0 radical (unpaired) electrons. The number of anilines is 1. The van der Waals surface area contributed by atoms with Gasteiger partial charge in [-0.1, -0.05) is 23.7 Å². The van der Waals surface area contributed by atoms with E-state index in [4.69, 9.17) is 11.6 Å². The number of rotatable bonds is 4. The summed E-state index contributed by atoms with van der Waals surface area (Å²) in [5, 5.41) is 1.92. The Balaban J connectivity index is 2.30. The third-order valence-electron chi connectivity index (χ3n) is 3.08. The summed E-state index contributed by atoms with van der Waals surface area (Å²) in [5.74, 6) is -1.36. The molecular weight excluding hydrogens is 388 g/mol.